The Morgan fingerprint density at radius 3 is 2.50 bits per heavy atom. The Kier molecular flexibility index (Phi) is 5.32. The number of rotatable bonds is 5. The highest BCUT2D eigenvalue weighted by Gasteiger charge is 2.08. The fraction of sp³-hybridized carbons (Fsp3) is 0.182. The van der Waals surface area contributed by atoms with Crippen molar-refractivity contribution in [3.8, 4) is 0 Å². The van der Waals surface area contributed by atoms with Crippen LogP contribution in [0, 0.1) is 6.92 Å². The molecule has 3 rings (SSSR count). The Morgan fingerprint density at radius 2 is 1.81 bits per heavy atom. The minimum Gasteiger partial charge on any atom is -0.340 e. The number of amides is 1. The van der Waals surface area contributed by atoms with E-state index in [4.69, 9.17) is 0 Å². The number of hydrogen-bond donors (Lipinski definition) is 2. The first kappa shape index (κ1) is 17.7. The molecule has 26 heavy (non-hydrogen) atoms. The molecule has 4 heteroatoms. The van der Waals surface area contributed by atoms with Crippen LogP contribution in [0.5, 0.6) is 0 Å². The second-order valence-electron chi connectivity index (χ2n) is 6.62. The molecule has 0 fully saturated rings. The molecule has 0 spiro atoms. The number of anilines is 3. The number of benzene rings is 2. The van der Waals surface area contributed by atoms with Gasteiger partial charge in [-0.15, -0.1) is 0 Å². The molecule has 3 aromatic rings. The number of aryl methyl sites for hydroxylation is 1. The van der Waals surface area contributed by atoms with Crippen LogP contribution in [0.4, 0.5) is 17.2 Å². The first-order chi connectivity index (χ1) is 12.5. The maximum absolute atomic E-state index is 12.3. The van der Waals surface area contributed by atoms with Crippen molar-refractivity contribution >= 4 is 23.1 Å². The van der Waals surface area contributed by atoms with Crippen LogP contribution in [0.3, 0.4) is 0 Å². The summed E-state index contributed by atoms with van der Waals surface area (Å²) >= 11 is 0. The number of pyridine rings is 1. The minimum atomic E-state index is -0.138. The van der Waals surface area contributed by atoms with Crippen molar-refractivity contribution in [1.82, 2.24) is 4.98 Å². The summed E-state index contributed by atoms with van der Waals surface area (Å²) < 4.78 is 0. The largest absolute Gasteiger partial charge is 0.340 e. The quantitative estimate of drug-likeness (QED) is 0.641. The van der Waals surface area contributed by atoms with Crippen LogP contribution in [-0.4, -0.2) is 10.9 Å². The predicted molar refractivity (Wildman–Crippen MR) is 107 cm³/mol. The fourth-order valence-corrected chi connectivity index (χ4v) is 2.78. The molecule has 0 unspecified atom stereocenters. The van der Waals surface area contributed by atoms with Crippen molar-refractivity contribution in [2.24, 2.45) is 0 Å². The zero-order valence-electron chi connectivity index (χ0n) is 15.3. The number of aromatic nitrogens is 1. The molecule has 4 nitrogen and oxygen atoms in total. The molecule has 1 amide bonds. The predicted octanol–water partition coefficient (Wildman–Crippen LogP) is 5.51. The molecule has 0 radical (unpaired) electrons. The molecule has 2 N–H and O–H groups in total. The molecule has 0 bridgehead atoms. The summed E-state index contributed by atoms with van der Waals surface area (Å²) in [6.07, 6.45) is 1.66. The van der Waals surface area contributed by atoms with Crippen LogP contribution < -0.4 is 10.6 Å². The van der Waals surface area contributed by atoms with E-state index in [0.29, 0.717) is 17.2 Å². The maximum Gasteiger partial charge on any atom is 0.255 e. The third kappa shape index (κ3) is 4.28. The van der Waals surface area contributed by atoms with Gasteiger partial charge in [-0.25, -0.2) is 4.98 Å². The number of carbonyl (C=O) groups is 1. The standard InChI is InChI=1S/C22H23N3O/c1-15(2)19-9-4-5-10-20(19)25-21-12-11-18(14-23-21)24-22(26)17-8-6-7-16(3)13-17/h4-15H,1-3H3,(H,23,25)(H,24,26). The molecule has 132 valence electrons. The Hall–Kier alpha value is -3.14. The Morgan fingerprint density at radius 1 is 1.00 bits per heavy atom. The second-order valence-corrected chi connectivity index (χ2v) is 6.62. The normalized spacial score (nSPS) is 10.6. The van der Waals surface area contributed by atoms with Crippen molar-refractivity contribution < 1.29 is 4.79 Å². The smallest absolute Gasteiger partial charge is 0.255 e. The van der Waals surface area contributed by atoms with Gasteiger partial charge >= 0.3 is 0 Å². The van der Waals surface area contributed by atoms with Crippen LogP contribution in [0.15, 0.2) is 66.9 Å². The lowest BCUT2D eigenvalue weighted by molar-refractivity contribution is 0.102. The van der Waals surface area contributed by atoms with Gasteiger partial charge in [-0.2, -0.15) is 0 Å². The van der Waals surface area contributed by atoms with Gasteiger partial charge in [-0.3, -0.25) is 4.79 Å². The van der Waals surface area contributed by atoms with Crippen molar-refractivity contribution in [2.45, 2.75) is 26.7 Å². The molecule has 0 aliphatic carbocycles. The van der Waals surface area contributed by atoms with Gasteiger partial charge in [0.15, 0.2) is 0 Å². The van der Waals surface area contributed by atoms with E-state index in [1.165, 1.54) is 5.56 Å². The highest BCUT2D eigenvalue weighted by atomic mass is 16.1. The summed E-state index contributed by atoms with van der Waals surface area (Å²) in [6.45, 7) is 6.30. The molecule has 0 saturated carbocycles. The lowest BCUT2D eigenvalue weighted by Crippen LogP contribution is -2.12. The fourth-order valence-electron chi connectivity index (χ4n) is 2.78. The molecular weight excluding hydrogens is 322 g/mol. The van der Waals surface area contributed by atoms with Crippen LogP contribution in [0.2, 0.25) is 0 Å². The molecule has 1 heterocycles. The third-order valence-electron chi connectivity index (χ3n) is 4.15. The van der Waals surface area contributed by atoms with E-state index in [-0.39, 0.29) is 5.91 Å². The number of nitrogens with one attached hydrogen (secondary N) is 2. The van der Waals surface area contributed by atoms with Gasteiger partial charge in [-0.05, 0) is 48.7 Å². The highest BCUT2D eigenvalue weighted by Crippen LogP contribution is 2.26. The number of hydrogen-bond acceptors (Lipinski definition) is 3. The molecular formula is C22H23N3O. The lowest BCUT2D eigenvalue weighted by atomic mass is 10.0. The van der Waals surface area contributed by atoms with E-state index in [2.05, 4.69) is 35.5 Å². The number of para-hydroxylation sites is 1. The van der Waals surface area contributed by atoms with Gasteiger partial charge in [0.1, 0.15) is 5.82 Å². The van der Waals surface area contributed by atoms with Crippen LogP contribution in [0.1, 0.15) is 41.3 Å². The van der Waals surface area contributed by atoms with Crippen molar-refractivity contribution in [1.29, 1.82) is 0 Å². The van der Waals surface area contributed by atoms with Gasteiger partial charge in [0.25, 0.3) is 5.91 Å². The van der Waals surface area contributed by atoms with E-state index in [1.807, 2.05) is 55.5 Å². The summed E-state index contributed by atoms with van der Waals surface area (Å²) in [5, 5.41) is 6.23. The first-order valence-electron chi connectivity index (χ1n) is 8.73. The summed E-state index contributed by atoms with van der Waals surface area (Å²) in [4.78, 5) is 16.7. The van der Waals surface area contributed by atoms with Gasteiger partial charge in [0, 0.05) is 11.3 Å². The van der Waals surface area contributed by atoms with E-state index < -0.39 is 0 Å². The van der Waals surface area contributed by atoms with Crippen LogP contribution in [-0.2, 0) is 0 Å². The first-order valence-corrected chi connectivity index (χ1v) is 8.73. The average Bonchev–Trinajstić information content (AvgIpc) is 2.63. The summed E-state index contributed by atoms with van der Waals surface area (Å²) in [6, 6.07) is 19.4. The summed E-state index contributed by atoms with van der Waals surface area (Å²) in [5.74, 6) is 1.03. The zero-order chi connectivity index (χ0) is 18.5. The molecule has 0 atom stereocenters. The lowest BCUT2D eigenvalue weighted by Gasteiger charge is -2.14. The van der Waals surface area contributed by atoms with E-state index in [9.17, 15) is 4.79 Å². The highest BCUT2D eigenvalue weighted by molar-refractivity contribution is 6.04. The summed E-state index contributed by atoms with van der Waals surface area (Å²) in [5.41, 5.74) is 4.65. The minimum absolute atomic E-state index is 0.138. The zero-order valence-corrected chi connectivity index (χ0v) is 15.3. The maximum atomic E-state index is 12.3. The van der Waals surface area contributed by atoms with Gasteiger partial charge in [0.05, 0.1) is 11.9 Å². The number of nitrogens with zero attached hydrogens (tertiary/aromatic N) is 1. The Balaban J connectivity index is 1.70. The van der Waals surface area contributed by atoms with E-state index >= 15 is 0 Å². The molecule has 0 saturated heterocycles. The Bertz CT molecular complexity index is 901. The SMILES string of the molecule is Cc1cccc(C(=O)Nc2ccc(Nc3ccccc3C(C)C)nc2)c1. The van der Waals surface area contributed by atoms with Crippen molar-refractivity contribution in [3.05, 3.63) is 83.6 Å². The van der Waals surface area contributed by atoms with E-state index in [1.54, 1.807) is 12.3 Å². The molecule has 0 aliphatic heterocycles. The second kappa shape index (κ2) is 7.83. The Labute approximate surface area is 154 Å². The van der Waals surface area contributed by atoms with Gasteiger partial charge in [0.2, 0.25) is 0 Å². The van der Waals surface area contributed by atoms with E-state index in [0.717, 1.165) is 17.1 Å². The average molecular weight is 345 g/mol. The molecule has 2 aromatic carbocycles. The molecule has 1 aromatic heterocycles. The van der Waals surface area contributed by atoms with Crippen LogP contribution >= 0.6 is 0 Å². The summed E-state index contributed by atoms with van der Waals surface area (Å²) in [7, 11) is 0. The van der Waals surface area contributed by atoms with Crippen LogP contribution in [0.25, 0.3) is 0 Å². The van der Waals surface area contributed by atoms with Crippen molar-refractivity contribution in [2.75, 3.05) is 10.6 Å². The topological polar surface area (TPSA) is 54.0 Å². The number of carbonyl (C=O) groups excluding carboxylic acids is 1. The van der Waals surface area contributed by atoms with Gasteiger partial charge in [-0.1, -0.05) is 49.7 Å². The third-order valence-corrected chi connectivity index (χ3v) is 4.15. The molecule has 0 aliphatic rings. The van der Waals surface area contributed by atoms with Gasteiger partial charge < -0.3 is 10.6 Å². The van der Waals surface area contributed by atoms with Crippen molar-refractivity contribution in [3.63, 3.8) is 0 Å². The monoisotopic (exact) mass is 345 g/mol.